The van der Waals surface area contributed by atoms with E-state index in [1.165, 1.54) is 0 Å². The number of benzene rings is 2. The fourth-order valence-electron chi connectivity index (χ4n) is 2.81. The Morgan fingerprint density at radius 2 is 1.88 bits per heavy atom. The van der Waals surface area contributed by atoms with E-state index in [9.17, 15) is 0 Å². The quantitative estimate of drug-likeness (QED) is 0.706. The highest BCUT2D eigenvalue weighted by Gasteiger charge is 2.26. The van der Waals surface area contributed by atoms with Crippen molar-refractivity contribution < 1.29 is 4.74 Å². The highest BCUT2D eigenvalue weighted by atomic mass is 35.5. The van der Waals surface area contributed by atoms with Crippen LogP contribution in [0.15, 0.2) is 59.7 Å². The Hall–Kier alpha value is -2.59. The van der Waals surface area contributed by atoms with Gasteiger partial charge in [0.05, 0.1) is 11.1 Å². The molecule has 1 aliphatic rings. The average molecular weight is 352 g/mol. The predicted molar refractivity (Wildman–Crippen MR) is 103 cm³/mol. The normalized spacial score (nSPS) is 15.7. The standard InChI is InChI=1S/C20H18ClN3O/c1-20(2)12-25-19(24-20)13-3-6-15(7-4-13)23-17-9-10-22-18-11-14(21)5-8-16(17)18/h3-11H,12H2,1-2H3,(H,22,23). The average Bonchev–Trinajstić information content (AvgIpc) is 2.95. The molecule has 2 aromatic carbocycles. The van der Waals surface area contributed by atoms with Crippen LogP contribution in [0.5, 0.6) is 0 Å². The second-order valence-electron chi connectivity index (χ2n) is 6.74. The first-order valence-corrected chi connectivity index (χ1v) is 8.52. The van der Waals surface area contributed by atoms with Gasteiger partial charge in [0.15, 0.2) is 0 Å². The minimum atomic E-state index is -0.149. The molecule has 25 heavy (non-hydrogen) atoms. The van der Waals surface area contributed by atoms with E-state index in [1.54, 1.807) is 6.20 Å². The van der Waals surface area contributed by atoms with Crippen LogP contribution in [0.1, 0.15) is 19.4 Å². The van der Waals surface area contributed by atoms with Crippen LogP contribution >= 0.6 is 11.6 Å². The minimum Gasteiger partial charge on any atom is -0.475 e. The maximum atomic E-state index is 6.05. The number of nitrogens with zero attached hydrogens (tertiary/aromatic N) is 2. The molecule has 3 aromatic rings. The van der Waals surface area contributed by atoms with Crippen molar-refractivity contribution in [1.82, 2.24) is 4.98 Å². The van der Waals surface area contributed by atoms with Gasteiger partial charge in [0.25, 0.3) is 0 Å². The molecule has 126 valence electrons. The number of fused-ring (bicyclic) bond motifs is 1. The topological polar surface area (TPSA) is 46.5 Å². The minimum absolute atomic E-state index is 0.149. The van der Waals surface area contributed by atoms with Crippen molar-refractivity contribution in [2.75, 3.05) is 11.9 Å². The summed E-state index contributed by atoms with van der Waals surface area (Å²) in [5, 5.41) is 5.15. The Balaban J connectivity index is 1.60. The zero-order chi connectivity index (χ0) is 17.4. The lowest BCUT2D eigenvalue weighted by Crippen LogP contribution is -2.17. The second kappa shape index (κ2) is 6.05. The van der Waals surface area contributed by atoms with E-state index in [2.05, 4.69) is 29.1 Å². The summed E-state index contributed by atoms with van der Waals surface area (Å²) in [7, 11) is 0. The number of halogens is 1. The van der Waals surface area contributed by atoms with Crippen molar-refractivity contribution in [2.45, 2.75) is 19.4 Å². The Bertz CT molecular complexity index is 964. The number of hydrogen-bond acceptors (Lipinski definition) is 4. The lowest BCUT2D eigenvalue weighted by molar-refractivity contribution is 0.279. The first-order chi connectivity index (χ1) is 12.0. The molecule has 1 aromatic heterocycles. The number of aromatic nitrogens is 1. The molecule has 1 N–H and O–H groups in total. The van der Waals surface area contributed by atoms with Gasteiger partial charge in [0.2, 0.25) is 5.90 Å². The van der Waals surface area contributed by atoms with Crippen LogP contribution in [0.2, 0.25) is 5.02 Å². The van der Waals surface area contributed by atoms with Gasteiger partial charge in [-0.15, -0.1) is 0 Å². The Labute approximate surface area is 151 Å². The van der Waals surface area contributed by atoms with Crippen LogP contribution < -0.4 is 5.32 Å². The van der Waals surface area contributed by atoms with Gasteiger partial charge in [-0.2, -0.15) is 0 Å². The van der Waals surface area contributed by atoms with Crippen molar-refractivity contribution in [3.8, 4) is 0 Å². The Morgan fingerprint density at radius 1 is 1.08 bits per heavy atom. The molecule has 0 saturated carbocycles. The molecular formula is C20H18ClN3O. The molecule has 0 atom stereocenters. The lowest BCUT2D eigenvalue weighted by atomic mass is 10.1. The monoisotopic (exact) mass is 351 g/mol. The third-order valence-corrected chi connectivity index (χ3v) is 4.32. The Kier molecular flexibility index (Phi) is 3.85. The number of hydrogen-bond donors (Lipinski definition) is 1. The zero-order valence-corrected chi connectivity index (χ0v) is 14.8. The number of ether oxygens (including phenoxy) is 1. The van der Waals surface area contributed by atoms with Gasteiger partial charge < -0.3 is 10.1 Å². The summed E-state index contributed by atoms with van der Waals surface area (Å²) in [5.74, 6) is 0.709. The highest BCUT2D eigenvalue weighted by molar-refractivity contribution is 6.31. The van der Waals surface area contributed by atoms with Gasteiger partial charge in [-0.25, -0.2) is 4.99 Å². The van der Waals surface area contributed by atoms with Crippen LogP contribution in [0.3, 0.4) is 0 Å². The molecule has 4 rings (SSSR count). The summed E-state index contributed by atoms with van der Waals surface area (Å²) < 4.78 is 5.69. The maximum absolute atomic E-state index is 6.05. The first kappa shape index (κ1) is 15.9. The van der Waals surface area contributed by atoms with Crippen molar-refractivity contribution >= 4 is 39.8 Å². The van der Waals surface area contributed by atoms with E-state index < -0.39 is 0 Å². The number of pyridine rings is 1. The summed E-state index contributed by atoms with van der Waals surface area (Å²) in [4.78, 5) is 8.97. The summed E-state index contributed by atoms with van der Waals surface area (Å²) in [6, 6.07) is 15.7. The zero-order valence-electron chi connectivity index (χ0n) is 14.1. The molecule has 5 heteroatoms. The second-order valence-corrected chi connectivity index (χ2v) is 7.18. The predicted octanol–water partition coefficient (Wildman–Crippen LogP) is 5.19. The first-order valence-electron chi connectivity index (χ1n) is 8.15. The van der Waals surface area contributed by atoms with Crippen molar-refractivity contribution in [3.63, 3.8) is 0 Å². The summed E-state index contributed by atoms with van der Waals surface area (Å²) in [6.45, 7) is 4.75. The highest BCUT2D eigenvalue weighted by Crippen LogP contribution is 2.28. The lowest BCUT2D eigenvalue weighted by Gasteiger charge is -2.10. The van der Waals surface area contributed by atoms with Crippen LogP contribution in [-0.2, 0) is 4.74 Å². The maximum Gasteiger partial charge on any atom is 0.216 e. The molecule has 4 nitrogen and oxygen atoms in total. The SMILES string of the molecule is CC1(C)COC(c2ccc(Nc3ccnc4cc(Cl)ccc34)cc2)=N1. The molecule has 0 fully saturated rings. The summed E-state index contributed by atoms with van der Waals surface area (Å²) in [6.07, 6.45) is 1.78. The molecule has 0 bridgehead atoms. The Morgan fingerprint density at radius 3 is 2.60 bits per heavy atom. The molecule has 0 amide bonds. The summed E-state index contributed by atoms with van der Waals surface area (Å²) in [5.41, 5.74) is 3.69. The van der Waals surface area contributed by atoms with E-state index in [0.29, 0.717) is 17.5 Å². The van der Waals surface area contributed by atoms with E-state index >= 15 is 0 Å². The molecule has 0 unspecified atom stereocenters. The third kappa shape index (κ3) is 3.30. The van der Waals surface area contributed by atoms with Crippen LogP contribution in [0.4, 0.5) is 11.4 Å². The molecule has 0 saturated heterocycles. The van der Waals surface area contributed by atoms with Crippen molar-refractivity contribution in [2.24, 2.45) is 4.99 Å². The van der Waals surface area contributed by atoms with Crippen molar-refractivity contribution in [1.29, 1.82) is 0 Å². The van der Waals surface area contributed by atoms with Gasteiger partial charge in [0.1, 0.15) is 6.61 Å². The molecule has 2 heterocycles. The smallest absolute Gasteiger partial charge is 0.216 e. The molecule has 1 aliphatic heterocycles. The molecule has 0 spiro atoms. The van der Waals surface area contributed by atoms with E-state index in [-0.39, 0.29) is 5.54 Å². The van der Waals surface area contributed by atoms with E-state index in [0.717, 1.165) is 27.8 Å². The number of nitrogens with one attached hydrogen (secondary N) is 1. The number of aliphatic imine (C=N–C) groups is 1. The fraction of sp³-hybridized carbons (Fsp3) is 0.200. The number of rotatable bonds is 3. The largest absolute Gasteiger partial charge is 0.475 e. The molecular weight excluding hydrogens is 334 g/mol. The van der Waals surface area contributed by atoms with E-state index in [1.807, 2.05) is 48.5 Å². The van der Waals surface area contributed by atoms with E-state index in [4.69, 9.17) is 16.3 Å². The van der Waals surface area contributed by atoms with Crippen LogP contribution in [-0.4, -0.2) is 23.0 Å². The summed E-state index contributed by atoms with van der Waals surface area (Å²) >= 11 is 6.05. The van der Waals surface area contributed by atoms with Gasteiger partial charge >= 0.3 is 0 Å². The van der Waals surface area contributed by atoms with Gasteiger partial charge in [0, 0.05) is 33.5 Å². The third-order valence-electron chi connectivity index (χ3n) is 4.08. The van der Waals surface area contributed by atoms with Crippen LogP contribution in [0, 0.1) is 0 Å². The molecule has 0 aliphatic carbocycles. The molecule has 0 radical (unpaired) electrons. The van der Waals surface area contributed by atoms with Gasteiger partial charge in [-0.05, 0) is 62.4 Å². The number of anilines is 2. The van der Waals surface area contributed by atoms with Crippen LogP contribution in [0.25, 0.3) is 10.9 Å². The fourth-order valence-corrected chi connectivity index (χ4v) is 2.98. The van der Waals surface area contributed by atoms with Crippen molar-refractivity contribution in [3.05, 3.63) is 65.3 Å². The van der Waals surface area contributed by atoms with Gasteiger partial charge in [-0.3, -0.25) is 4.98 Å². The van der Waals surface area contributed by atoms with Gasteiger partial charge in [-0.1, -0.05) is 11.6 Å².